The number of aliphatic carboxylic acids is 1. The van der Waals surface area contributed by atoms with Crippen molar-refractivity contribution in [3.63, 3.8) is 0 Å². The van der Waals surface area contributed by atoms with Crippen LogP contribution in [0.25, 0.3) is 6.08 Å². The number of hydrogen-bond acceptors (Lipinski definition) is 4. The van der Waals surface area contributed by atoms with Crippen LogP contribution in [0.3, 0.4) is 0 Å². The number of ketones is 2. The Labute approximate surface area is 126 Å². The second kappa shape index (κ2) is 6.17. The molecule has 112 valence electrons. The van der Waals surface area contributed by atoms with Gasteiger partial charge >= 0.3 is 5.97 Å². The summed E-state index contributed by atoms with van der Waals surface area (Å²) in [6.07, 6.45) is 3.90. The summed E-state index contributed by atoms with van der Waals surface area (Å²) in [6.45, 7) is 1.12. The van der Waals surface area contributed by atoms with Gasteiger partial charge in [-0.05, 0) is 36.8 Å². The van der Waals surface area contributed by atoms with Gasteiger partial charge in [-0.1, -0.05) is 6.07 Å². The molecule has 1 amide bonds. The van der Waals surface area contributed by atoms with Gasteiger partial charge in [-0.3, -0.25) is 19.2 Å². The molecule has 0 aromatic heterocycles. The van der Waals surface area contributed by atoms with Gasteiger partial charge in [0, 0.05) is 22.8 Å². The van der Waals surface area contributed by atoms with Crippen molar-refractivity contribution in [2.45, 2.75) is 6.92 Å². The zero-order valence-electron chi connectivity index (χ0n) is 11.8. The summed E-state index contributed by atoms with van der Waals surface area (Å²) in [5.41, 5.74) is 1.60. The summed E-state index contributed by atoms with van der Waals surface area (Å²) in [6, 6.07) is 4.68. The predicted octanol–water partition coefficient (Wildman–Crippen LogP) is 1.23. The fourth-order valence-corrected chi connectivity index (χ4v) is 2.01. The Balaban J connectivity index is 2.18. The number of carboxylic acid groups (broad SMARTS) is 1. The summed E-state index contributed by atoms with van der Waals surface area (Å²) < 4.78 is 0. The molecule has 6 heteroatoms. The summed E-state index contributed by atoms with van der Waals surface area (Å²) in [4.78, 5) is 45.5. The average Bonchev–Trinajstić information content (AvgIpc) is 2.48. The van der Waals surface area contributed by atoms with E-state index in [-0.39, 0.29) is 11.6 Å². The molecular weight excluding hydrogens is 286 g/mol. The van der Waals surface area contributed by atoms with E-state index in [4.69, 9.17) is 5.11 Å². The van der Waals surface area contributed by atoms with Crippen molar-refractivity contribution in [3.8, 4) is 0 Å². The lowest BCUT2D eigenvalue weighted by Gasteiger charge is -2.12. The van der Waals surface area contributed by atoms with Gasteiger partial charge in [-0.25, -0.2) is 0 Å². The zero-order chi connectivity index (χ0) is 16.3. The number of nitrogens with one attached hydrogen (secondary N) is 1. The second-order valence-corrected chi connectivity index (χ2v) is 4.77. The summed E-state index contributed by atoms with van der Waals surface area (Å²) in [5.74, 6) is -2.14. The minimum absolute atomic E-state index is 0.190. The molecule has 6 nitrogen and oxygen atoms in total. The van der Waals surface area contributed by atoms with Crippen molar-refractivity contribution in [2.24, 2.45) is 0 Å². The number of carbonyl (C=O) groups is 4. The van der Waals surface area contributed by atoms with E-state index in [1.807, 2.05) is 0 Å². The van der Waals surface area contributed by atoms with Crippen LogP contribution >= 0.6 is 0 Å². The number of Topliss-reactive ketones (excluding diaryl/α,β-unsaturated/α-hetero) is 1. The van der Waals surface area contributed by atoms with E-state index >= 15 is 0 Å². The number of hydrogen-bond donors (Lipinski definition) is 2. The van der Waals surface area contributed by atoms with Crippen molar-refractivity contribution in [3.05, 3.63) is 52.6 Å². The van der Waals surface area contributed by atoms with Crippen molar-refractivity contribution in [1.29, 1.82) is 0 Å². The lowest BCUT2D eigenvalue weighted by atomic mass is 9.89. The molecule has 0 bridgehead atoms. The Morgan fingerprint density at radius 2 is 1.95 bits per heavy atom. The highest BCUT2D eigenvalue weighted by Gasteiger charge is 2.22. The van der Waals surface area contributed by atoms with E-state index in [2.05, 4.69) is 5.32 Å². The van der Waals surface area contributed by atoms with E-state index < -0.39 is 18.4 Å². The second-order valence-electron chi connectivity index (χ2n) is 4.77. The minimum atomic E-state index is -1.14. The molecule has 0 unspecified atom stereocenters. The van der Waals surface area contributed by atoms with Crippen molar-refractivity contribution >= 4 is 29.5 Å². The SMILES string of the molecule is CC1=CC(=O)c2cc(/C=C/C(=O)NCC(=O)O)ccc2C1=O. The molecule has 1 aliphatic carbocycles. The fraction of sp³-hybridized carbons (Fsp3) is 0.125. The first kappa shape index (κ1) is 15.4. The number of benzene rings is 1. The maximum absolute atomic E-state index is 11.9. The van der Waals surface area contributed by atoms with E-state index in [9.17, 15) is 19.2 Å². The molecule has 22 heavy (non-hydrogen) atoms. The Kier molecular flexibility index (Phi) is 4.31. The third kappa shape index (κ3) is 3.35. The molecule has 0 saturated carbocycles. The topological polar surface area (TPSA) is 101 Å². The van der Waals surface area contributed by atoms with Crippen molar-refractivity contribution < 1.29 is 24.3 Å². The largest absolute Gasteiger partial charge is 0.480 e. The Morgan fingerprint density at radius 1 is 1.23 bits per heavy atom. The molecule has 0 atom stereocenters. The van der Waals surface area contributed by atoms with Gasteiger partial charge in [0.15, 0.2) is 11.6 Å². The maximum Gasteiger partial charge on any atom is 0.322 e. The third-order valence-corrected chi connectivity index (χ3v) is 3.10. The lowest BCUT2D eigenvalue weighted by Crippen LogP contribution is -2.27. The number of rotatable bonds is 4. The smallest absolute Gasteiger partial charge is 0.322 e. The van der Waals surface area contributed by atoms with Gasteiger partial charge in [0.05, 0.1) is 0 Å². The Hall–Kier alpha value is -3.02. The number of carbonyl (C=O) groups excluding carboxylic acids is 3. The number of carboxylic acids is 1. The molecule has 0 radical (unpaired) electrons. The van der Waals surface area contributed by atoms with Crippen LogP contribution < -0.4 is 5.32 Å². The van der Waals surface area contributed by atoms with Crippen molar-refractivity contribution in [1.82, 2.24) is 5.32 Å². The van der Waals surface area contributed by atoms with Crippen LogP contribution in [-0.4, -0.2) is 35.1 Å². The molecule has 0 saturated heterocycles. The Morgan fingerprint density at radius 3 is 2.64 bits per heavy atom. The molecule has 1 aromatic rings. The van der Waals surface area contributed by atoms with Crippen LogP contribution in [0.1, 0.15) is 33.2 Å². The predicted molar refractivity (Wildman–Crippen MR) is 78.5 cm³/mol. The first-order valence-electron chi connectivity index (χ1n) is 6.47. The summed E-state index contributed by atoms with van der Waals surface area (Å²) in [7, 11) is 0. The van der Waals surface area contributed by atoms with E-state index in [1.165, 1.54) is 24.3 Å². The molecular formula is C16H13NO5. The van der Waals surface area contributed by atoms with Crippen LogP contribution in [0.4, 0.5) is 0 Å². The molecule has 1 aromatic carbocycles. The quantitative estimate of drug-likeness (QED) is 0.814. The first-order valence-corrected chi connectivity index (χ1v) is 6.47. The molecule has 1 aliphatic rings. The highest BCUT2D eigenvalue weighted by Crippen LogP contribution is 2.22. The highest BCUT2D eigenvalue weighted by atomic mass is 16.4. The van der Waals surface area contributed by atoms with Gasteiger partial charge in [-0.15, -0.1) is 0 Å². The molecule has 2 N–H and O–H groups in total. The number of allylic oxidation sites excluding steroid dienone is 2. The maximum atomic E-state index is 11.9. The van der Waals surface area contributed by atoms with Gasteiger partial charge in [0.1, 0.15) is 6.54 Å². The van der Waals surface area contributed by atoms with Gasteiger partial charge in [0.25, 0.3) is 0 Å². The summed E-state index contributed by atoms with van der Waals surface area (Å²) >= 11 is 0. The number of amides is 1. The van der Waals surface area contributed by atoms with Gasteiger partial charge < -0.3 is 10.4 Å². The van der Waals surface area contributed by atoms with Crippen LogP contribution in [0.15, 0.2) is 35.9 Å². The number of fused-ring (bicyclic) bond motifs is 1. The first-order chi connectivity index (χ1) is 10.4. The molecule has 0 fully saturated rings. The van der Waals surface area contributed by atoms with Crippen molar-refractivity contribution in [2.75, 3.05) is 6.54 Å². The van der Waals surface area contributed by atoms with Crippen LogP contribution in [0.5, 0.6) is 0 Å². The van der Waals surface area contributed by atoms with Crippen LogP contribution in [0.2, 0.25) is 0 Å². The monoisotopic (exact) mass is 299 g/mol. The minimum Gasteiger partial charge on any atom is -0.480 e. The molecule has 0 spiro atoms. The summed E-state index contributed by atoms with van der Waals surface area (Å²) in [5, 5.41) is 10.6. The fourth-order valence-electron chi connectivity index (χ4n) is 2.01. The van der Waals surface area contributed by atoms with Gasteiger partial charge in [0.2, 0.25) is 5.91 Å². The molecule has 0 heterocycles. The lowest BCUT2D eigenvalue weighted by molar-refractivity contribution is -0.137. The standard InChI is InChI=1S/C16H13NO5/c1-9-6-13(18)12-7-10(2-4-11(12)16(9)22)3-5-14(19)17-8-15(20)21/h2-7H,8H2,1H3,(H,17,19)(H,20,21)/b5-3+. The Bertz CT molecular complexity index is 743. The average molecular weight is 299 g/mol. The zero-order valence-corrected chi connectivity index (χ0v) is 11.8. The van der Waals surface area contributed by atoms with E-state index in [0.29, 0.717) is 22.3 Å². The normalized spacial score (nSPS) is 13.8. The third-order valence-electron chi connectivity index (χ3n) is 3.10. The van der Waals surface area contributed by atoms with E-state index in [1.54, 1.807) is 19.1 Å². The van der Waals surface area contributed by atoms with E-state index in [0.717, 1.165) is 0 Å². The van der Waals surface area contributed by atoms with Crippen LogP contribution in [0, 0.1) is 0 Å². The molecule has 0 aliphatic heterocycles. The van der Waals surface area contributed by atoms with Crippen LogP contribution in [-0.2, 0) is 9.59 Å². The van der Waals surface area contributed by atoms with Gasteiger partial charge in [-0.2, -0.15) is 0 Å². The highest BCUT2D eigenvalue weighted by molar-refractivity contribution is 6.24. The molecule has 2 rings (SSSR count).